The number of ether oxygens (including phenoxy) is 6. The van der Waals surface area contributed by atoms with Crippen molar-refractivity contribution < 1.29 is 79.2 Å². The number of aromatic hydroxyl groups is 3. The molecule has 3 aliphatic heterocycles. The van der Waals surface area contributed by atoms with Gasteiger partial charge in [-0.25, -0.2) is 0 Å². The van der Waals surface area contributed by atoms with Gasteiger partial charge in [0.25, 0.3) is 0 Å². The van der Waals surface area contributed by atoms with Crippen molar-refractivity contribution in [3.63, 3.8) is 0 Å². The molecule has 0 aromatic heterocycles. The molecule has 0 amide bonds. The van der Waals surface area contributed by atoms with E-state index in [1.54, 1.807) is 0 Å². The maximum absolute atomic E-state index is 13.1. The number of methoxy groups -OCH3 is 1. The van der Waals surface area contributed by atoms with Gasteiger partial charge in [0, 0.05) is 12.1 Å². The van der Waals surface area contributed by atoms with Gasteiger partial charge in [0.1, 0.15) is 65.5 Å². The molecule has 0 aliphatic carbocycles. The highest BCUT2D eigenvalue weighted by Crippen LogP contribution is 2.43. The molecule has 2 fully saturated rings. The zero-order chi connectivity index (χ0) is 32.0. The summed E-state index contributed by atoms with van der Waals surface area (Å²) in [4.78, 5) is 13.1. The fourth-order valence-electron chi connectivity index (χ4n) is 5.08. The summed E-state index contributed by atoms with van der Waals surface area (Å²) in [5, 5.41) is 91.0. The average molecular weight is 625 g/mol. The minimum atomic E-state index is -1.79. The molecule has 2 aromatic carbocycles. The Balaban J connectivity index is 1.34. The fourth-order valence-corrected chi connectivity index (χ4v) is 5.08. The lowest BCUT2D eigenvalue weighted by molar-refractivity contribution is -0.349. The van der Waals surface area contributed by atoms with Crippen molar-refractivity contribution in [1.82, 2.24) is 0 Å². The van der Waals surface area contributed by atoms with Crippen LogP contribution < -0.4 is 14.2 Å². The van der Waals surface area contributed by atoms with Crippen molar-refractivity contribution in [1.29, 1.82) is 0 Å². The number of benzene rings is 2. The predicted molar refractivity (Wildman–Crippen MR) is 143 cm³/mol. The normalized spacial score (nSPS) is 34.5. The van der Waals surface area contributed by atoms with Crippen LogP contribution in [0.4, 0.5) is 0 Å². The van der Waals surface area contributed by atoms with Crippen molar-refractivity contribution in [3.8, 4) is 34.5 Å². The number of fused-ring (bicyclic) bond motifs is 1. The van der Waals surface area contributed by atoms with E-state index in [4.69, 9.17) is 28.4 Å². The number of hydrogen-bond donors (Lipinski definition) is 9. The highest BCUT2D eigenvalue weighted by molar-refractivity contribution is 6.16. The van der Waals surface area contributed by atoms with Crippen molar-refractivity contribution >= 4 is 11.9 Å². The third-order valence-corrected chi connectivity index (χ3v) is 7.49. The first-order valence-corrected chi connectivity index (χ1v) is 13.4. The van der Waals surface area contributed by atoms with E-state index >= 15 is 0 Å². The molecule has 10 atom stereocenters. The van der Waals surface area contributed by atoms with Gasteiger partial charge in [-0.05, 0) is 30.7 Å². The Hall–Kier alpha value is -3.71. The van der Waals surface area contributed by atoms with Crippen molar-refractivity contribution in [2.24, 2.45) is 0 Å². The minimum Gasteiger partial charge on any atom is -0.504 e. The molecule has 44 heavy (non-hydrogen) atoms. The number of phenolic OH excluding ortho intramolecular Hbond substituents is 3. The summed E-state index contributed by atoms with van der Waals surface area (Å²) in [5.74, 6) is -2.86. The van der Waals surface area contributed by atoms with E-state index in [0.29, 0.717) is 0 Å². The zero-order valence-corrected chi connectivity index (χ0v) is 23.3. The van der Waals surface area contributed by atoms with E-state index in [1.807, 2.05) is 0 Å². The van der Waals surface area contributed by atoms with Crippen LogP contribution in [0.15, 0.2) is 30.0 Å². The molecule has 5 rings (SSSR count). The molecule has 16 nitrogen and oxygen atoms in total. The average Bonchev–Trinajstić information content (AvgIpc) is 3.30. The summed E-state index contributed by atoms with van der Waals surface area (Å²) in [6.07, 6.45) is -14.0. The van der Waals surface area contributed by atoms with Crippen LogP contribution in [0.5, 0.6) is 34.5 Å². The SMILES string of the molecule is COc1cc(O[C@@H]2O[C@H](CO)[C@@H](O[C@H]3O[C@@H](C)[C@H](O)[C@@H](O)[C@H]3O)[C@H](O)[C@H]2O)cc2c1C(=O)C(=Cc1cc(O)c(O)c(O)c1)O2. The summed E-state index contributed by atoms with van der Waals surface area (Å²) in [6, 6.07) is 4.77. The van der Waals surface area contributed by atoms with Gasteiger partial charge in [-0.1, -0.05) is 0 Å². The van der Waals surface area contributed by atoms with E-state index in [0.717, 1.165) is 12.1 Å². The maximum Gasteiger partial charge on any atom is 0.235 e. The van der Waals surface area contributed by atoms with Gasteiger partial charge in [0.2, 0.25) is 12.1 Å². The number of aliphatic hydroxyl groups is 6. The van der Waals surface area contributed by atoms with Crippen LogP contribution in [0.1, 0.15) is 22.8 Å². The molecule has 16 heteroatoms. The number of ketones is 1. The third-order valence-electron chi connectivity index (χ3n) is 7.49. The Labute approximate surface area is 249 Å². The van der Waals surface area contributed by atoms with E-state index in [1.165, 1.54) is 32.2 Å². The van der Waals surface area contributed by atoms with Gasteiger partial charge in [0.05, 0.1) is 19.8 Å². The largest absolute Gasteiger partial charge is 0.504 e. The van der Waals surface area contributed by atoms with Crippen LogP contribution >= 0.6 is 0 Å². The number of allylic oxidation sites excluding steroid dienone is 1. The Bertz CT molecular complexity index is 1400. The molecule has 0 unspecified atom stereocenters. The monoisotopic (exact) mass is 624 g/mol. The molecule has 0 saturated carbocycles. The molecule has 2 saturated heterocycles. The Morgan fingerprint density at radius 3 is 2.16 bits per heavy atom. The minimum absolute atomic E-state index is 0.00589. The third kappa shape index (κ3) is 5.74. The fraction of sp³-hybridized carbons (Fsp3) is 0.464. The number of aliphatic hydroxyl groups excluding tert-OH is 6. The van der Waals surface area contributed by atoms with Gasteiger partial charge in [0.15, 0.2) is 29.3 Å². The van der Waals surface area contributed by atoms with Crippen LogP contribution in [0.25, 0.3) is 6.08 Å². The second-order valence-electron chi connectivity index (χ2n) is 10.5. The number of hydrogen-bond acceptors (Lipinski definition) is 16. The lowest BCUT2D eigenvalue weighted by Crippen LogP contribution is -2.64. The van der Waals surface area contributed by atoms with Crippen LogP contribution in [-0.2, 0) is 14.2 Å². The predicted octanol–water partition coefficient (Wildman–Crippen LogP) is -1.54. The van der Waals surface area contributed by atoms with Gasteiger partial charge in [-0.2, -0.15) is 0 Å². The van der Waals surface area contributed by atoms with E-state index in [-0.39, 0.29) is 34.1 Å². The Kier molecular flexibility index (Phi) is 8.90. The quantitative estimate of drug-likeness (QED) is 0.125. The molecule has 2 aromatic rings. The molecule has 0 bridgehead atoms. The smallest absolute Gasteiger partial charge is 0.235 e. The molecular formula is C28H32O16. The molecule has 240 valence electrons. The van der Waals surface area contributed by atoms with E-state index in [9.17, 15) is 50.8 Å². The maximum atomic E-state index is 13.1. The van der Waals surface area contributed by atoms with Crippen LogP contribution in [-0.4, -0.2) is 127 Å². The highest BCUT2D eigenvalue weighted by atomic mass is 16.7. The summed E-state index contributed by atoms with van der Waals surface area (Å²) in [6.45, 7) is 0.690. The van der Waals surface area contributed by atoms with Crippen LogP contribution in [0, 0.1) is 0 Å². The summed E-state index contributed by atoms with van der Waals surface area (Å²) >= 11 is 0. The number of rotatable bonds is 7. The second kappa shape index (κ2) is 12.4. The number of phenols is 3. The summed E-state index contributed by atoms with van der Waals surface area (Å²) in [7, 11) is 1.28. The zero-order valence-electron chi connectivity index (χ0n) is 23.3. The number of Topliss-reactive ketones (excluding diaryl/α,β-unsaturated/α-hetero) is 1. The van der Waals surface area contributed by atoms with Crippen LogP contribution in [0.2, 0.25) is 0 Å². The van der Waals surface area contributed by atoms with Gasteiger partial charge in [-0.3, -0.25) is 4.79 Å². The first kappa shape index (κ1) is 31.7. The summed E-state index contributed by atoms with van der Waals surface area (Å²) in [5.41, 5.74) is 0.146. The van der Waals surface area contributed by atoms with Crippen molar-refractivity contribution in [3.05, 3.63) is 41.2 Å². The topological polar surface area (TPSA) is 255 Å². The number of carbonyl (C=O) groups excluding carboxylic acids is 1. The van der Waals surface area contributed by atoms with Gasteiger partial charge < -0.3 is 74.4 Å². The molecule has 0 spiro atoms. The number of carbonyl (C=O) groups is 1. The molecule has 3 aliphatic rings. The summed E-state index contributed by atoms with van der Waals surface area (Å²) < 4.78 is 33.4. The van der Waals surface area contributed by atoms with E-state index < -0.39 is 91.1 Å². The van der Waals surface area contributed by atoms with Crippen LogP contribution in [0.3, 0.4) is 0 Å². The van der Waals surface area contributed by atoms with Crippen molar-refractivity contribution in [2.75, 3.05) is 13.7 Å². The molecular weight excluding hydrogens is 592 g/mol. The Morgan fingerprint density at radius 2 is 1.52 bits per heavy atom. The lowest BCUT2D eigenvalue weighted by atomic mass is 9.97. The second-order valence-corrected chi connectivity index (χ2v) is 10.5. The lowest BCUT2D eigenvalue weighted by Gasteiger charge is -2.45. The molecule has 3 heterocycles. The Morgan fingerprint density at radius 1 is 0.864 bits per heavy atom. The highest BCUT2D eigenvalue weighted by Gasteiger charge is 2.50. The van der Waals surface area contributed by atoms with Crippen molar-refractivity contribution in [2.45, 2.75) is 68.3 Å². The van der Waals surface area contributed by atoms with Gasteiger partial charge in [-0.15, -0.1) is 0 Å². The molecule has 0 radical (unpaired) electrons. The standard InChI is InChI=1S/C28H32O16/c1-9-19(32)22(35)24(37)27(40-9)44-26-17(8-29)43-28(25(38)23(26)36)41-11-6-14(39-2)18-15(7-11)42-16(21(18)34)5-10-3-12(30)20(33)13(31)4-10/h3-7,9,17,19,22-33,35-38H,8H2,1-2H3/t9-,17+,19-,22+,23+,24+,25+,26+,27+,28+/m0/s1. The van der Waals surface area contributed by atoms with Gasteiger partial charge >= 0.3 is 0 Å². The first-order valence-electron chi connectivity index (χ1n) is 13.4. The first-order chi connectivity index (χ1) is 20.8. The molecule has 9 N–H and O–H groups in total. The van der Waals surface area contributed by atoms with E-state index in [2.05, 4.69) is 0 Å².